The van der Waals surface area contributed by atoms with Crippen molar-refractivity contribution in [3.63, 3.8) is 0 Å². The first-order chi connectivity index (χ1) is 6.57. The van der Waals surface area contributed by atoms with Gasteiger partial charge in [-0.05, 0) is 26.0 Å². The summed E-state index contributed by atoms with van der Waals surface area (Å²) in [6.07, 6.45) is 1.62. The van der Waals surface area contributed by atoms with Crippen LogP contribution in [0, 0.1) is 0 Å². The van der Waals surface area contributed by atoms with E-state index < -0.39 is 0 Å². The van der Waals surface area contributed by atoms with E-state index in [0.29, 0.717) is 16.6 Å². The zero-order valence-electron chi connectivity index (χ0n) is 7.91. The molecule has 78 valence electrons. The van der Waals surface area contributed by atoms with E-state index in [2.05, 4.69) is 9.72 Å². The van der Waals surface area contributed by atoms with Crippen LogP contribution in [0.3, 0.4) is 0 Å². The SMILES string of the molecule is CC(C)OC=O.Clc1cccnc1Cl. The Morgan fingerprint density at radius 1 is 1.50 bits per heavy atom. The molecule has 1 aromatic rings. The topological polar surface area (TPSA) is 39.2 Å². The zero-order chi connectivity index (χ0) is 11.0. The molecule has 5 heteroatoms. The van der Waals surface area contributed by atoms with Crippen LogP contribution < -0.4 is 0 Å². The number of hydrogen-bond donors (Lipinski definition) is 0. The maximum Gasteiger partial charge on any atom is 0.293 e. The van der Waals surface area contributed by atoms with Gasteiger partial charge in [0, 0.05) is 6.20 Å². The van der Waals surface area contributed by atoms with E-state index >= 15 is 0 Å². The molecule has 0 spiro atoms. The minimum Gasteiger partial charge on any atom is -0.465 e. The number of carbonyl (C=O) groups excluding carboxylic acids is 1. The van der Waals surface area contributed by atoms with Gasteiger partial charge in [0.1, 0.15) is 5.15 Å². The average molecular weight is 236 g/mol. The van der Waals surface area contributed by atoms with Gasteiger partial charge in [0.05, 0.1) is 11.1 Å². The molecular weight excluding hydrogens is 225 g/mol. The lowest BCUT2D eigenvalue weighted by molar-refractivity contribution is -0.131. The van der Waals surface area contributed by atoms with Crippen LogP contribution >= 0.6 is 23.2 Å². The van der Waals surface area contributed by atoms with Crippen molar-refractivity contribution in [2.45, 2.75) is 20.0 Å². The predicted octanol–water partition coefficient (Wildman–Crippen LogP) is 2.96. The predicted molar refractivity (Wildman–Crippen MR) is 56.5 cm³/mol. The molecule has 0 aliphatic heterocycles. The highest BCUT2D eigenvalue weighted by molar-refractivity contribution is 6.41. The Morgan fingerprint density at radius 3 is 2.36 bits per heavy atom. The molecule has 3 nitrogen and oxygen atoms in total. The molecule has 0 aromatic carbocycles. The molecular formula is C9H11Cl2NO2. The second-order valence-electron chi connectivity index (χ2n) is 2.56. The highest BCUT2D eigenvalue weighted by Gasteiger charge is 1.91. The molecule has 0 aliphatic carbocycles. The fraction of sp³-hybridized carbons (Fsp3) is 0.333. The van der Waals surface area contributed by atoms with E-state index in [0.717, 1.165) is 0 Å². The number of carbonyl (C=O) groups is 1. The summed E-state index contributed by atoms with van der Waals surface area (Å²) in [6.45, 7) is 4.05. The number of pyridine rings is 1. The molecule has 0 saturated heterocycles. The molecule has 0 radical (unpaired) electrons. The fourth-order valence-corrected chi connectivity index (χ4v) is 0.718. The summed E-state index contributed by atoms with van der Waals surface area (Å²) in [4.78, 5) is 13.1. The van der Waals surface area contributed by atoms with Crippen LogP contribution in [-0.4, -0.2) is 17.6 Å². The van der Waals surface area contributed by atoms with Crippen LogP contribution in [0.5, 0.6) is 0 Å². The lowest BCUT2D eigenvalue weighted by atomic mass is 10.5. The fourth-order valence-electron chi connectivity index (χ4n) is 0.478. The molecule has 0 atom stereocenters. The molecule has 1 aromatic heterocycles. The minimum atomic E-state index is 0.0301. The van der Waals surface area contributed by atoms with E-state index in [4.69, 9.17) is 23.2 Å². The summed E-state index contributed by atoms with van der Waals surface area (Å²) in [6, 6.07) is 3.42. The van der Waals surface area contributed by atoms with Crippen LogP contribution in [0.4, 0.5) is 0 Å². The molecule has 0 fully saturated rings. The van der Waals surface area contributed by atoms with Crippen molar-refractivity contribution in [3.8, 4) is 0 Å². The molecule has 0 bridgehead atoms. The third kappa shape index (κ3) is 6.69. The van der Waals surface area contributed by atoms with Gasteiger partial charge < -0.3 is 4.74 Å². The summed E-state index contributed by atoms with van der Waals surface area (Å²) in [5.74, 6) is 0. The van der Waals surface area contributed by atoms with Crippen molar-refractivity contribution < 1.29 is 9.53 Å². The zero-order valence-corrected chi connectivity index (χ0v) is 9.42. The smallest absolute Gasteiger partial charge is 0.293 e. The quantitative estimate of drug-likeness (QED) is 0.585. The van der Waals surface area contributed by atoms with Gasteiger partial charge >= 0.3 is 0 Å². The third-order valence-corrected chi connectivity index (χ3v) is 1.74. The molecule has 14 heavy (non-hydrogen) atoms. The molecule has 0 aliphatic rings. The Labute approximate surface area is 93.0 Å². The van der Waals surface area contributed by atoms with Crippen molar-refractivity contribution in [2.75, 3.05) is 0 Å². The highest BCUT2D eigenvalue weighted by atomic mass is 35.5. The number of aromatic nitrogens is 1. The summed E-state index contributed by atoms with van der Waals surface area (Å²) < 4.78 is 4.36. The molecule has 1 heterocycles. The number of halogens is 2. The van der Waals surface area contributed by atoms with E-state index in [1.165, 1.54) is 0 Å². The number of nitrogens with zero attached hydrogens (tertiary/aromatic N) is 1. The lowest BCUT2D eigenvalue weighted by Gasteiger charge is -1.96. The normalized spacial score (nSPS) is 8.93. The van der Waals surface area contributed by atoms with Gasteiger partial charge in [-0.15, -0.1) is 0 Å². The van der Waals surface area contributed by atoms with Gasteiger partial charge in [-0.2, -0.15) is 0 Å². The molecule has 1 rings (SSSR count). The second kappa shape index (κ2) is 7.59. The van der Waals surface area contributed by atoms with E-state index in [9.17, 15) is 4.79 Å². The maximum atomic E-state index is 9.39. The Balaban J connectivity index is 0.000000255. The summed E-state index contributed by atoms with van der Waals surface area (Å²) in [5.41, 5.74) is 0. The molecule has 0 unspecified atom stereocenters. The van der Waals surface area contributed by atoms with E-state index in [-0.39, 0.29) is 6.10 Å². The maximum absolute atomic E-state index is 9.39. The van der Waals surface area contributed by atoms with Gasteiger partial charge in [-0.3, -0.25) is 4.79 Å². The number of rotatable bonds is 2. The largest absolute Gasteiger partial charge is 0.465 e. The Morgan fingerprint density at radius 2 is 2.14 bits per heavy atom. The van der Waals surface area contributed by atoms with Crippen LogP contribution in [0.2, 0.25) is 10.2 Å². The van der Waals surface area contributed by atoms with Gasteiger partial charge in [0.2, 0.25) is 0 Å². The lowest BCUT2D eigenvalue weighted by Crippen LogP contribution is -1.98. The van der Waals surface area contributed by atoms with Crippen molar-refractivity contribution >= 4 is 29.7 Å². The van der Waals surface area contributed by atoms with Crippen molar-refractivity contribution in [3.05, 3.63) is 28.5 Å². The molecule has 0 amide bonds. The minimum absolute atomic E-state index is 0.0301. The standard InChI is InChI=1S/C5H3Cl2N.C4H8O2/c6-4-2-1-3-8-5(4)7;1-4(2)6-3-5/h1-3H;3-4H,1-2H3. The van der Waals surface area contributed by atoms with Crippen molar-refractivity contribution in [1.82, 2.24) is 4.98 Å². The van der Waals surface area contributed by atoms with E-state index in [1.54, 1.807) is 32.2 Å². The number of hydrogen-bond acceptors (Lipinski definition) is 3. The van der Waals surface area contributed by atoms with Gasteiger partial charge in [0.15, 0.2) is 0 Å². The van der Waals surface area contributed by atoms with Crippen LogP contribution in [0.15, 0.2) is 18.3 Å². The van der Waals surface area contributed by atoms with Crippen LogP contribution in [0.1, 0.15) is 13.8 Å². The monoisotopic (exact) mass is 235 g/mol. The second-order valence-corrected chi connectivity index (χ2v) is 3.32. The van der Waals surface area contributed by atoms with Crippen molar-refractivity contribution in [2.24, 2.45) is 0 Å². The van der Waals surface area contributed by atoms with E-state index in [1.807, 2.05) is 0 Å². The Hall–Kier alpha value is -0.800. The van der Waals surface area contributed by atoms with Gasteiger partial charge in [-0.1, -0.05) is 23.2 Å². The Kier molecular flexibility index (Phi) is 7.16. The van der Waals surface area contributed by atoms with Gasteiger partial charge in [-0.25, -0.2) is 4.98 Å². The highest BCUT2D eigenvalue weighted by Crippen LogP contribution is 2.16. The molecule has 0 saturated carbocycles. The molecule has 0 N–H and O–H groups in total. The Bertz CT molecular complexity index is 258. The summed E-state index contributed by atoms with van der Waals surface area (Å²) >= 11 is 11.0. The van der Waals surface area contributed by atoms with Crippen LogP contribution in [0.25, 0.3) is 0 Å². The first-order valence-corrected chi connectivity index (χ1v) is 4.68. The summed E-state index contributed by atoms with van der Waals surface area (Å²) in [5, 5.41) is 0.850. The number of ether oxygens (including phenoxy) is 1. The first-order valence-electron chi connectivity index (χ1n) is 3.93. The van der Waals surface area contributed by atoms with Gasteiger partial charge in [0.25, 0.3) is 6.47 Å². The summed E-state index contributed by atoms with van der Waals surface area (Å²) in [7, 11) is 0. The third-order valence-electron chi connectivity index (χ3n) is 1.04. The average Bonchev–Trinajstić information content (AvgIpc) is 2.11. The van der Waals surface area contributed by atoms with Crippen LogP contribution in [-0.2, 0) is 9.53 Å². The first kappa shape index (κ1) is 13.2. The van der Waals surface area contributed by atoms with Crippen molar-refractivity contribution in [1.29, 1.82) is 0 Å².